The molecule has 1 aliphatic rings. The van der Waals surface area contributed by atoms with Gasteiger partial charge in [0, 0.05) is 0 Å². The number of carboxylic acids is 1. The van der Waals surface area contributed by atoms with Gasteiger partial charge in [0.1, 0.15) is 0 Å². The van der Waals surface area contributed by atoms with Gasteiger partial charge in [0.05, 0.1) is 0 Å². The first-order chi connectivity index (χ1) is 5.22. The van der Waals surface area contributed by atoms with Gasteiger partial charge in [-0.25, -0.2) is 4.79 Å². The molecule has 0 aromatic carbocycles. The highest BCUT2D eigenvalue weighted by Gasteiger charge is 2.16. The zero-order valence-electron chi connectivity index (χ0n) is 6.03. The van der Waals surface area contributed by atoms with E-state index in [2.05, 4.69) is 0 Å². The van der Waals surface area contributed by atoms with Crippen LogP contribution in [0, 0.1) is 0 Å². The first-order valence-corrected chi connectivity index (χ1v) is 3.49. The molecule has 0 aromatic rings. The number of carboxylic acid groups (broad SMARTS) is 1. The molecule has 1 atom stereocenters. The Kier molecular flexibility index (Phi) is 2.44. The molecule has 0 spiro atoms. The second kappa shape index (κ2) is 3.34. The first kappa shape index (κ1) is 8.01. The van der Waals surface area contributed by atoms with Crippen LogP contribution in [0.25, 0.3) is 0 Å². The van der Waals surface area contributed by atoms with Crippen molar-refractivity contribution >= 4 is 5.97 Å². The van der Waals surface area contributed by atoms with Gasteiger partial charge in [-0.2, -0.15) is 0 Å². The van der Waals surface area contributed by atoms with Crippen molar-refractivity contribution in [2.24, 2.45) is 0 Å². The molecule has 1 aliphatic carbocycles. The van der Waals surface area contributed by atoms with Gasteiger partial charge in [-0.3, -0.25) is 0 Å². The van der Waals surface area contributed by atoms with Gasteiger partial charge < -0.3 is 10.2 Å². The van der Waals surface area contributed by atoms with E-state index in [-0.39, 0.29) is 0 Å². The Hall–Kier alpha value is -1.09. The average molecular weight is 154 g/mol. The number of aliphatic hydroxyl groups excluding tert-OH is 1. The van der Waals surface area contributed by atoms with Crippen molar-refractivity contribution < 1.29 is 15.0 Å². The standard InChI is InChI=1S/C8H10O3/c9-7(8(10)11)6-4-2-1-3-5-6/h2,4-5,7,9H,1,3H2,(H,10,11)/t7-/m0/s1. The number of aliphatic hydroxyl groups is 1. The fourth-order valence-corrected chi connectivity index (χ4v) is 0.979. The molecule has 0 radical (unpaired) electrons. The summed E-state index contributed by atoms with van der Waals surface area (Å²) in [6.07, 6.45) is 5.65. The molecule has 3 heteroatoms. The van der Waals surface area contributed by atoms with Gasteiger partial charge >= 0.3 is 5.97 Å². The Morgan fingerprint density at radius 3 is 2.73 bits per heavy atom. The van der Waals surface area contributed by atoms with E-state index in [1.807, 2.05) is 6.08 Å². The SMILES string of the molecule is O=C(O)[C@@H](O)C1=CCCC=C1. The Balaban J connectivity index is 2.66. The Morgan fingerprint density at radius 1 is 1.55 bits per heavy atom. The summed E-state index contributed by atoms with van der Waals surface area (Å²) in [4.78, 5) is 10.3. The predicted molar refractivity (Wildman–Crippen MR) is 40.1 cm³/mol. The molecule has 2 N–H and O–H groups in total. The maximum absolute atomic E-state index is 10.3. The summed E-state index contributed by atoms with van der Waals surface area (Å²) in [5.41, 5.74) is 0.490. The third-order valence-corrected chi connectivity index (χ3v) is 1.57. The summed E-state index contributed by atoms with van der Waals surface area (Å²) in [6, 6.07) is 0. The molecule has 0 unspecified atom stereocenters. The molecule has 0 aliphatic heterocycles. The lowest BCUT2D eigenvalue weighted by Gasteiger charge is -2.09. The van der Waals surface area contributed by atoms with Crippen molar-refractivity contribution in [2.45, 2.75) is 18.9 Å². The first-order valence-electron chi connectivity index (χ1n) is 3.49. The van der Waals surface area contributed by atoms with Crippen molar-refractivity contribution in [1.82, 2.24) is 0 Å². The maximum Gasteiger partial charge on any atom is 0.337 e. The minimum absolute atomic E-state index is 0.490. The number of hydrogen-bond acceptors (Lipinski definition) is 2. The van der Waals surface area contributed by atoms with Crippen LogP contribution in [-0.2, 0) is 4.79 Å². The second-order valence-electron chi connectivity index (χ2n) is 2.42. The van der Waals surface area contributed by atoms with Crippen molar-refractivity contribution in [1.29, 1.82) is 0 Å². The molecular weight excluding hydrogens is 144 g/mol. The number of rotatable bonds is 2. The normalized spacial score (nSPS) is 19.2. The zero-order valence-corrected chi connectivity index (χ0v) is 6.03. The quantitative estimate of drug-likeness (QED) is 0.615. The highest BCUT2D eigenvalue weighted by molar-refractivity contribution is 5.76. The van der Waals surface area contributed by atoms with E-state index in [0.29, 0.717) is 5.57 Å². The van der Waals surface area contributed by atoms with Crippen LogP contribution in [0.4, 0.5) is 0 Å². The van der Waals surface area contributed by atoms with E-state index >= 15 is 0 Å². The number of aliphatic carboxylic acids is 1. The second-order valence-corrected chi connectivity index (χ2v) is 2.42. The Labute approximate surface area is 64.7 Å². The lowest BCUT2D eigenvalue weighted by Crippen LogP contribution is -2.21. The third-order valence-electron chi connectivity index (χ3n) is 1.57. The monoisotopic (exact) mass is 154 g/mol. The summed E-state index contributed by atoms with van der Waals surface area (Å²) >= 11 is 0. The van der Waals surface area contributed by atoms with Crippen molar-refractivity contribution in [2.75, 3.05) is 0 Å². The van der Waals surface area contributed by atoms with Gasteiger partial charge in [-0.15, -0.1) is 0 Å². The van der Waals surface area contributed by atoms with Crippen LogP contribution in [0.3, 0.4) is 0 Å². The molecular formula is C8H10O3. The summed E-state index contributed by atoms with van der Waals surface area (Å²) < 4.78 is 0. The van der Waals surface area contributed by atoms with Crippen molar-refractivity contribution in [3.05, 3.63) is 23.8 Å². The predicted octanol–water partition coefficient (Wildman–Crippen LogP) is 0.708. The molecule has 3 nitrogen and oxygen atoms in total. The minimum Gasteiger partial charge on any atom is -0.479 e. The topological polar surface area (TPSA) is 57.5 Å². The largest absolute Gasteiger partial charge is 0.479 e. The van der Waals surface area contributed by atoms with Crippen molar-refractivity contribution in [3.8, 4) is 0 Å². The summed E-state index contributed by atoms with van der Waals surface area (Å²) in [5, 5.41) is 17.4. The zero-order chi connectivity index (χ0) is 8.27. The summed E-state index contributed by atoms with van der Waals surface area (Å²) in [5.74, 6) is -1.19. The maximum atomic E-state index is 10.3. The Morgan fingerprint density at radius 2 is 2.27 bits per heavy atom. The van der Waals surface area contributed by atoms with Crippen LogP contribution in [0.1, 0.15) is 12.8 Å². The molecule has 0 amide bonds. The molecule has 0 aromatic heterocycles. The van der Waals surface area contributed by atoms with Crippen LogP contribution >= 0.6 is 0 Å². The Bertz CT molecular complexity index is 215. The number of hydrogen-bond donors (Lipinski definition) is 2. The minimum atomic E-state index is -1.36. The van der Waals surface area contributed by atoms with Crippen LogP contribution in [0.2, 0.25) is 0 Å². The number of allylic oxidation sites excluding steroid dienone is 2. The molecule has 0 saturated carbocycles. The smallest absolute Gasteiger partial charge is 0.337 e. The average Bonchev–Trinajstić information content (AvgIpc) is 2.05. The summed E-state index contributed by atoms with van der Waals surface area (Å²) in [6.45, 7) is 0. The van der Waals surface area contributed by atoms with E-state index in [0.717, 1.165) is 12.8 Å². The lowest BCUT2D eigenvalue weighted by atomic mass is 10.0. The van der Waals surface area contributed by atoms with Gasteiger partial charge in [0.15, 0.2) is 6.10 Å². The molecule has 60 valence electrons. The van der Waals surface area contributed by atoms with E-state index < -0.39 is 12.1 Å². The van der Waals surface area contributed by atoms with Crippen LogP contribution in [0.15, 0.2) is 23.8 Å². The van der Waals surface area contributed by atoms with Crippen molar-refractivity contribution in [3.63, 3.8) is 0 Å². The van der Waals surface area contributed by atoms with E-state index in [1.54, 1.807) is 12.2 Å². The van der Waals surface area contributed by atoms with Gasteiger partial charge in [-0.05, 0) is 18.4 Å². The summed E-state index contributed by atoms with van der Waals surface area (Å²) in [7, 11) is 0. The van der Waals surface area contributed by atoms with Crippen LogP contribution in [0.5, 0.6) is 0 Å². The van der Waals surface area contributed by atoms with E-state index in [9.17, 15) is 4.79 Å². The fraction of sp³-hybridized carbons (Fsp3) is 0.375. The molecule has 11 heavy (non-hydrogen) atoms. The van der Waals surface area contributed by atoms with Crippen LogP contribution < -0.4 is 0 Å². The molecule has 0 bridgehead atoms. The van der Waals surface area contributed by atoms with Crippen LogP contribution in [-0.4, -0.2) is 22.3 Å². The molecule has 0 fully saturated rings. The van der Waals surface area contributed by atoms with Gasteiger partial charge in [-0.1, -0.05) is 18.2 Å². The van der Waals surface area contributed by atoms with Gasteiger partial charge in [0.25, 0.3) is 0 Å². The van der Waals surface area contributed by atoms with E-state index in [4.69, 9.17) is 10.2 Å². The molecule has 0 saturated heterocycles. The van der Waals surface area contributed by atoms with E-state index in [1.165, 1.54) is 0 Å². The molecule has 0 heterocycles. The molecule has 1 rings (SSSR count). The third kappa shape index (κ3) is 1.91. The lowest BCUT2D eigenvalue weighted by molar-refractivity contribution is -0.144. The highest BCUT2D eigenvalue weighted by Crippen LogP contribution is 2.13. The number of carbonyl (C=O) groups is 1. The highest BCUT2D eigenvalue weighted by atomic mass is 16.4. The van der Waals surface area contributed by atoms with Gasteiger partial charge in [0.2, 0.25) is 0 Å². The fourth-order valence-electron chi connectivity index (χ4n) is 0.979.